The van der Waals surface area contributed by atoms with E-state index in [1.165, 1.54) is 11.1 Å². The number of likely N-dealkylation sites (N-methyl/N-ethyl adjacent to an activating group) is 1. The first-order chi connectivity index (χ1) is 7.20. The molecule has 0 radical (unpaired) electrons. The third-order valence-electron chi connectivity index (χ3n) is 3.45. The first-order valence-electron chi connectivity index (χ1n) is 5.68. The second-order valence-corrected chi connectivity index (χ2v) is 4.58. The first-order valence-corrected chi connectivity index (χ1v) is 5.68. The van der Waals surface area contributed by atoms with Gasteiger partial charge in [0.2, 0.25) is 0 Å². The van der Waals surface area contributed by atoms with Crippen molar-refractivity contribution in [3.63, 3.8) is 0 Å². The summed E-state index contributed by atoms with van der Waals surface area (Å²) < 4.78 is 0. The standard InChI is InChI=1S/C13H20N2/c1-10(15(2)3)13-12-7-5-4-6-11(12)8-9-14-13/h4-7,10,13-14H,8-9H2,1-3H3. The van der Waals surface area contributed by atoms with Crippen LogP contribution in [0.1, 0.15) is 24.1 Å². The Kier molecular flexibility index (Phi) is 3.08. The van der Waals surface area contributed by atoms with Crippen LogP contribution < -0.4 is 5.32 Å². The van der Waals surface area contributed by atoms with Gasteiger partial charge in [-0.2, -0.15) is 0 Å². The fourth-order valence-corrected chi connectivity index (χ4v) is 2.27. The summed E-state index contributed by atoms with van der Waals surface area (Å²) in [5, 5.41) is 3.61. The number of hydrogen-bond acceptors (Lipinski definition) is 2. The van der Waals surface area contributed by atoms with Crippen LogP contribution in [-0.2, 0) is 6.42 Å². The molecule has 0 aliphatic carbocycles. The van der Waals surface area contributed by atoms with Gasteiger partial charge in [-0.3, -0.25) is 0 Å². The van der Waals surface area contributed by atoms with Crippen molar-refractivity contribution < 1.29 is 0 Å². The normalized spacial score (nSPS) is 22.5. The molecule has 0 fully saturated rings. The second kappa shape index (κ2) is 4.33. The van der Waals surface area contributed by atoms with E-state index in [2.05, 4.69) is 55.5 Å². The van der Waals surface area contributed by atoms with Gasteiger partial charge < -0.3 is 10.2 Å². The van der Waals surface area contributed by atoms with Crippen LogP contribution >= 0.6 is 0 Å². The van der Waals surface area contributed by atoms with Crippen LogP contribution in [0.25, 0.3) is 0 Å². The van der Waals surface area contributed by atoms with E-state index < -0.39 is 0 Å². The summed E-state index contributed by atoms with van der Waals surface area (Å²) in [5.74, 6) is 0. The van der Waals surface area contributed by atoms with Crippen molar-refractivity contribution in [2.75, 3.05) is 20.6 Å². The Morgan fingerprint density at radius 3 is 2.80 bits per heavy atom. The zero-order valence-corrected chi connectivity index (χ0v) is 9.83. The first kappa shape index (κ1) is 10.7. The topological polar surface area (TPSA) is 15.3 Å². The lowest BCUT2D eigenvalue weighted by atomic mass is 9.90. The van der Waals surface area contributed by atoms with Crippen LogP contribution in [0.3, 0.4) is 0 Å². The predicted molar refractivity (Wildman–Crippen MR) is 64.0 cm³/mol. The molecule has 1 aliphatic rings. The number of benzene rings is 1. The van der Waals surface area contributed by atoms with Crippen molar-refractivity contribution in [2.45, 2.75) is 25.4 Å². The highest BCUT2D eigenvalue weighted by molar-refractivity contribution is 5.33. The molecule has 1 heterocycles. The molecule has 2 rings (SSSR count). The second-order valence-electron chi connectivity index (χ2n) is 4.58. The molecule has 0 aromatic heterocycles. The van der Waals surface area contributed by atoms with E-state index in [0.717, 1.165) is 13.0 Å². The maximum absolute atomic E-state index is 3.61. The predicted octanol–water partition coefficient (Wildman–Crippen LogP) is 1.82. The SMILES string of the molecule is CC(C1NCCc2ccccc21)N(C)C. The molecular weight excluding hydrogens is 184 g/mol. The molecule has 2 unspecified atom stereocenters. The zero-order chi connectivity index (χ0) is 10.8. The van der Waals surface area contributed by atoms with Gasteiger partial charge in [0, 0.05) is 12.1 Å². The monoisotopic (exact) mass is 204 g/mol. The van der Waals surface area contributed by atoms with E-state index in [1.807, 2.05) is 0 Å². The molecule has 0 amide bonds. The molecule has 82 valence electrons. The lowest BCUT2D eigenvalue weighted by Gasteiger charge is -2.34. The lowest BCUT2D eigenvalue weighted by molar-refractivity contribution is 0.241. The Balaban J connectivity index is 2.29. The molecule has 1 aromatic rings. The van der Waals surface area contributed by atoms with Crippen molar-refractivity contribution in [1.82, 2.24) is 10.2 Å². The summed E-state index contributed by atoms with van der Waals surface area (Å²) in [6, 6.07) is 9.80. The molecule has 0 bridgehead atoms. The van der Waals surface area contributed by atoms with E-state index >= 15 is 0 Å². The number of nitrogens with one attached hydrogen (secondary N) is 1. The van der Waals surface area contributed by atoms with Crippen molar-refractivity contribution >= 4 is 0 Å². The highest BCUT2D eigenvalue weighted by atomic mass is 15.1. The van der Waals surface area contributed by atoms with Gasteiger partial charge in [-0.25, -0.2) is 0 Å². The Bertz CT molecular complexity index is 333. The quantitative estimate of drug-likeness (QED) is 0.790. The summed E-state index contributed by atoms with van der Waals surface area (Å²) in [7, 11) is 4.28. The van der Waals surface area contributed by atoms with Crippen LogP contribution in [0.4, 0.5) is 0 Å². The third kappa shape index (κ3) is 2.06. The van der Waals surface area contributed by atoms with Crippen molar-refractivity contribution in [1.29, 1.82) is 0 Å². The van der Waals surface area contributed by atoms with E-state index in [9.17, 15) is 0 Å². The summed E-state index contributed by atoms with van der Waals surface area (Å²) in [6.07, 6.45) is 1.16. The Hall–Kier alpha value is -0.860. The highest BCUT2D eigenvalue weighted by Gasteiger charge is 2.25. The zero-order valence-electron chi connectivity index (χ0n) is 9.83. The van der Waals surface area contributed by atoms with Gasteiger partial charge in [0.25, 0.3) is 0 Å². The van der Waals surface area contributed by atoms with Crippen molar-refractivity contribution in [3.05, 3.63) is 35.4 Å². The van der Waals surface area contributed by atoms with Gasteiger partial charge in [0.1, 0.15) is 0 Å². The summed E-state index contributed by atoms with van der Waals surface area (Å²) >= 11 is 0. The smallest absolute Gasteiger partial charge is 0.0478 e. The molecule has 2 atom stereocenters. The molecule has 1 N–H and O–H groups in total. The minimum atomic E-state index is 0.477. The van der Waals surface area contributed by atoms with Crippen LogP contribution in [0.5, 0.6) is 0 Å². The van der Waals surface area contributed by atoms with Crippen molar-refractivity contribution in [2.24, 2.45) is 0 Å². The molecule has 15 heavy (non-hydrogen) atoms. The highest BCUT2D eigenvalue weighted by Crippen LogP contribution is 2.26. The maximum Gasteiger partial charge on any atom is 0.0478 e. The average Bonchev–Trinajstić information content (AvgIpc) is 2.27. The van der Waals surface area contributed by atoms with Gasteiger partial charge in [-0.15, -0.1) is 0 Å². The third-order valence-corrected chi connectivity index (χ3v) is 3.45. The van der Waals surface area contributed by atoms with Crippen LogP contribution in [0.15, 0.2) is 24.3 Å². The average molecular weight is 204 g/mol. The maximum atomic E-state index is 3.61. The molecule has 1 aromatic carbocycles. The molecule has 0 spiro atoms. The largest absolute Gasteiger partial charge is 0.308 e. The number of nitrogens with zero attached hydrogens (tertiary/aromatic N) is 1. The molecule has 2 heteroatoms. The summed E-state index contributed by atoms with van der Waals surface area (Å²) in [6.45, 7) is 3.37. The van der Waals surface area contributed by atoms with Gasteiger partial charge in [0.15, 0.2) is 0 Å². The van der Waals surface area contributed by atoms with E-state index in [0.29, 0.717) is 12.1 Å². The molecule has 0 saturated heterocycles. The Labute approximate surface area is 92.3 Å². The van der Waals surface area contributed by atoms with Crippen LogP contribution in [-0.4, -0.2) is 31.6 Å². The van der Waals surface area contributed by atoms with Gasteiger partial charge in [-0.05, 0) is 45.1 Å². The fourth-order valence-electron chi connectivity index (χ4n) is 2.27. The summed E-state index contributed by atoms with van der Waals surface area (Å²) in [4.78, 5) is 2.28. The van der Waals surface area contributed by atoms with Crippen molar-refractivity contribution in [3.8, 4) is 0 Å². The minimum absolute atomic E-state index is 0.477. The summed E-state index contributed by atoms with van der Waals surface area (Å²) in [5.41, 5.74) is 2.99. The van der Waals surface area contributed by atoms with Gasteiger partial charge in [-0.1, -0.05) is 24.3 Å². The number of rotatable bonds is 2. The van der Waals surface area contributed by atoms with Gasteiger partial charge in [0.05, 0.1) is 0 Å². The molecule has 0 saturated carbocycles. The molecule has 2 nitrogen and oxygen atoms in total. The fraction of sp³-hybridized carbons (Fsp3) is 0.538. The van der Waals surface area contributed by atoms with Crippen LogP contribution in [0, 0.1) is 0 Å². The van der Waals surface area contributed by atoms with E-state index in [1.54, 1.807) is 0 Å². The Morgan fingerprint density at radius 1 is 1.33 bits per heavy atom. The van der Waals surface area contributed by atoms with Gasteiger partial charge >= 0.3 is 0 Å². The number of fused-ring (bicyclic) bond motifs is 1. The van der Waals surface area contributed by atoms with E-state index in [4.69, 9.17) is 0 Å². The Morgan fingerprint density at radius 2 is 2.07 bits per heavy atom. The van der Waals surface area contributed by atoms with Crippen LogP contribution in [0.2, 0.25) is 0 Å². The molecule has 1 aliphatic heterocycles. The lowest BCUT2D eigenvalue weighted by Crippen LogP contribution is -2.42. The minimum Gasteiger partial charge on any atom is -0.308 e. The van der Waals surface area contributed by atoms with E-state index in [-0.39, 0.29) is 0 Å². The molecular formula is C13H20N2. The number of hydrogen-bond donors (Lipinski definition) is 1.